The smallest absolute Gasteiger partial charge is 0.332 e. The predicted molar refractivity (Wildman–Crippen MR) is 99.4 cm³/mol. The third kappa shape index (κ3) is 4.00. The third-order valence-electron chi connectivity index (χ3n) is 3.80. The highest BCUT2D eigenvalue weighted by atomic mass is 16.2. The molecule has 26 heavy (non-hydrogen) atoms. The average molecular weight is 355 g/mol. The van der Waals surface area contributed by atoms with Gasteiger partial charge >= 0.3 is 5.69 Å². The number of aromatic nitrogens is 2. The van der Waals surface area contributed by atoms with Crippen molar-refractivity contribution in [1.82, 2.24) is 9.13 Å². The maximum Gasteiger partial charge on any atom is 0.332 e. The van der Waals surface area contributed by atoms with Crippen molar-refractivity contribution in [2.45, 2.75) is 20.3 Å². The molecule has 0 saturated heterocycles. The van der Waals surface area contributed by atoms with Gasteiger partial charge in [-0.3, -0.25) is 18.7 Å². The molecule has 136 valence electrons. The molecule has 0 aliphatic heterocycles. The summed E-state index contributed by atoms with van der Waals surface area (Å²) in [4.78, 5) is 35.9. The Morgan fingerprint density at radius 2 is 1.69 bits per heavy atom. The highest BCUT2D eigenvalue weighted by Gasteiger charge is 2.15. The summed E-state index contributed by atoms with van der Waals surface area (Å²) in [6, 6.07) is 8.61. The lowest BCUT2D eigenvalue weighted by atomic mass is 10.1. The van der Waals surface area contributed by atoms with Gasteiger partial charge in [0.2, 0.25) is 5.91 Å². The highest BCUT2D eigenvalue weighted by Crippen LogP contribution is 2.19. The van der Waals surface area contributed by atoms with Gasteiger partial charge in [0.25, 0.3) is 5.56 Å². The molecule has 0 fully saturated rings. The minimum atomic E-state index is -0.657. The van der Waals surface area contributed by atoms with E-state index in [0.29, 0.717) is 17.8 Å². The summed E-state index contributed by atoms with van der Waals surface area (Å²) < 4.78 is 2.09. The fraction of sp³-hybridized carbons (Fsp3) is 0.333. The molecule has 0 unspecified atom stereocenters. The zero-order valence-corrected chi connectivity index (χ0v) is 15.2. The van der Waals surface area contributed by atoms with E-state index < -0.39 is 11.2 Å². The molecule has 1 aromatic heterocycles. The Labute approximate surface area is 150 Å². The first-order valence-corrected chi connectivity index (χ1v) is 8.11. The third-order valence-corrected chi connectivity index (χ3v) is 3.80. The van der Waals surface area contributed by atoms with E-state index in [0.717, 1.165) is 4.57 Å². The summed E-state index contributed by atoms with van der Waals surface area (Å²) in [5.41, 5.74) is -0.125. The Bertz CT molecular complexity index is 978. The molecule has 1 aromatic carbocycles. The van der Waals surface area contributed by atoms with Crippen molar-refractivity contribution < 1.29 is 4.79 Å². The van der Waals surface area contributed by atoms with E-state index in [1.807, 2.05) is 19.9 Å². The number of amides is 1. The number of benzene rings is 1. The molecule has 1 amide bonds. The first-order chi connectivity index (χ1) is 12.2. The molecule has 2 rings (SSSR count). The van der Waals surface area contributed by atoms with Gasteiger partial charge < -0.3 is 10.6 Å². The molecule has 8 heteroatoms. The van der Waals surface area contributed by atoms with Crippen LogP contribution >= 0.6 is 0 Å². The number of rotatable bonds is 5. The number of anilines is 3. The van der Waals surface area contributed by atoms with E-state index >= 15 is 0 Å². The minimum Gasteiger partial charge on any atom is -0.340 e. The molecule has 0 spiro atoms. The van der Waals surface area contributed by atoms with Gasteiger partial charge in [0, 0.05) is 31.9 Å². The number of hydrogen-bond acceptors (Lipinski definition) is 5. The van der Waals surface area contributed by atoms with Crippen molar-refractivity contribution in [2.24, 2.45) is 20.0 Å². The SMILES string of the molecule is CC(C)CC(=O)Nc1ccc(Nc2c(C#N)c(=O)n(C)c(=O)n2C)cc1. The Balaban J connectivity index is 2.28. The molecular formula is C18H21N5O3. The van der Waals surface area contributed by atoms with Crippen LogP contribution in [0.15, 0.2) is 33.9 Å². The van der Waals surface area contributed by atoms with Crippen LogP contribution in [-0.4, -0.2) is 15.0 Å². The van der Waals surface area contributed by atoms with E-state index in [-0.39, 0.29) is 23.2 Å². The van der Waals surface area contributed by atoms with Gasteiger partial charge in [-0.1, -0.05) is 13.8 Å². The summed E-state index contributed by atoms with van der Waals surface area (Å²) >= 11 is 0. The van der Waals surface area contributed by atoms with Crippen LogP contribution in [0, 0.1) is 17.2 Å². The summed E-state index contributed by atoms with van der Waals surface area (Å²) in [5.74, 6) is 0.320. The van der Waals surface area contributed by atoms with E-state index in [4.69, 9.17) is 0 Å². The first-order valence-electron chi connectivity index (χ1n) is 8.11. The van der Waals surface area contributed by atoms with Gasteiger partial charge in [-0.15, -0.1) is 0 Å². The van der Waals surface area contributed by atoms with Crippen LogP contribution in [0.2, 0.25) is 0 Å². The van der Waals surface area contributed by atoms with Gasteiger partial charge in [-0.2, -0.15) is 5.26 Å². The number of nitrogens with zero attached hydrogens (tertiary/aromatic N) is 3. The Hall–Kier alpha value is -3.34. The first kappa shape index (κ1) is 19.0. The van der Waals surface area contributed by atoms with E-state index in [1.165, 1.54) is 18.7 Å². The van der Waals surface area contributed by atoms with Crippen LogP contribution in [-0.2, 0) is 18.9 Å². The number of nitrogens with one attached hydrogen (secondary N) is 2. The second-order valence-electron chi connectivity index (χ2n) is 6.39. The van der Waals surface area contributed by atoms with Crippen LogP contribution < -0.4 is 21.9 Å². The van der Waals surface area contributed by atoms with Crippen molar-refractivity contribution in [3.05, 3.63) is 50.7 Å². The average Bonchev–Trinajstić information content (AvgIpc) is 2.59. The Kier molecular flexibility index (Phi) is 5.62. The van der Waals surface area contributed by atoms with Gasteiger partial charge in [0.1, 0.15) is 11.9 Å². The lowest BCUT2D eigenvalue weighted by Crippen LogP contribution is -2.39. The summed E-state index contributed by atoms with van der Waals surface area (Å²) in [6.07, 6.45) is 0.432. The lowest BCUT2D eigenvalue weighted by Gasteiger charge is -2.14. The van der Waals surface area contributed by atoms with Gasteiger partial charge in [-0.25, -0.2) is 4.79 Å². The molecular weight excluding hydrogens is 334 g/mol. The number of nitriles is 1. The molecule has 0 saturated carbocycles. The van der Waals surface area contributed by atoms with Crippen molar-refractivity contribution in [1.29, 1.82) is 5.26 Å². The summed E-state index contributed by atoms with van der Waals surface area (Å²) in [7, 11) is 2.80. The summed E-state index contributed by atoms with van der Waals surface area (Å²) in [5, 5.41) is 15.0. The second-order valence-corrected chi connectivity index (χ2v) is 6.39. The van der Waals surface area contributed by atoms with Crippen LogP contribution in [0.3, 0.4) is 0 Å². The van der Waals surface area contributed by atoms with Crippen molar-refractivity contribution in [3.63, 3.8) is 0 Å². The number of hydrogen-bond donors (Lipinski definition) is 2. The second kappa shape index (κ2) is 7.70. The van der Waals surface area contributed by atoms with Gasteiger partial charge in [-0.05, 0) is 30.2 Å². The lowest BCUT2D eigenvalue weighted by molar-refractivity contribution is -0.116. The highest BCUT2D eigenvalue weighted by molar-refractivity contribution is 5.91. The molecule has 8 nitrogen and oxygen atoms in total. The fourth-order valence-corrected chi connectivity index (χ4v) is 2.45. The molecule has 0 aliphatic carbocycles. The predicted octanol–water partition coefficient (Wildman–Crippen LogP) is 1.68. The van der Waals surface area contributed by atoms with Crippen LogP contribution in [0.25, 0.3) is 0 Å². The zero-order chi connectivity index (χ0) is 19.4. The maximum absolute atomic E-state index is 12.1. The standard InChI is InChI=1S/C18H21N5O3/c1-11(2)9-15(24)20-12-5-7-13(8-6-12)21-16-14(10-19)17(25)23(4)18(26)22(16)3/h5-8,11,21H,9H2,1-4H3,(H,20,24). The maximum atomic E-state index is 12.1. The van der Waals surface area contributed by atoms with Crippen LogP contribution in [0.5, 0.6) is 0 Å². The van der Waals surface area contributed by atoms with Crippen LogP contribution in [0.4, 0.5) is 17.2 Å². The topological polar surface area (TPSA) is 109 Å². The van der Waals surface area contributed by atoms with E-state index in [9.17, 15) is 19.6 Å². The zero-order valence-electron chi connectivity index (χ0n) is 15.2. The normalized spacial score (nSPS) is 10.5. The molecule has 2 N–H and O–H groups in total. The Morgan fingerprint density at radius 1 is 1.12 bits per heavy atom. The molecule has 0 aliphatic rings. The number of carbonyl (C=O) groups excluding carboxylic acids is 1. The minimum absolute atomic E-state index is 0.0681. The fourth-order valence-electron chi connectivity index (χ4n) is 2.45. The van der Waals surface area contributed by atoms with Crippen molar-refractivity contribution in [2.75, 3.05) is 10.6 Å². The molecule has 0 atom stereocenters. The van der Waals surface area contributed by atoms with E-state index in [1.54, 1.807) is 24.3 Å². The number of carbonyl (C=O) groups is 1. The molecule has 0 bridgehead atoms. The molecule has 1 heterocycles. The van der Waals surface area contributed by atoms with Crippen molar-refractivity contribution in [3.8, 4) is 6.07 Å². The Morgan fingerprint density at radius 3 is 2.23 bits per heavy atom. The van der Waals surface area contributed by atoms with Crippen LogP contribution in [0.1, 0.15) is 25.8 Å². The largest absolute Gasteiger partial charge is 0.340 e. The summed E-state index contributed by atoms with van der Waals surface area (Å²) in [6.45, 7) is 3.93. The van der Waals surface area contributed by atoms with Gasteiger partial charge in [0.05, 0.1) is 0 Å². The van der Waals surface area contributed by atoms with Crippen molar-refractivity contribution >= 4 is 23.1 Å². The molecule has 2 aromatic rings. The molecule has 0 radical (unpaired) electrons. The van der Waals surface area contributed by atoms with Gasteiger partial charge in [0.15, 0.2) is 5.56 Å². The monoisotopic (exact) mass is 355 g/mol. The van der Waals surface area contributed by atoms with E-state index in [2.05, 4.69) is 10.6 Å². The quantitative estimate of drug-likeness (QED) is 0.848.